The van der Waals surface area contributed by atoms with Gasteiger partial charge in [-0.3, -0.25) is 0 Å². The highest BCUT2D eigenvalue weighted by Crippen LogP contribution is 2.16. The van der Waals surface area contributed by atoms with Gasteiger partial charge in [-0.2, -0.15) is 0 Å². The second kappa shape index (κ2) is 10.0. The van der Waals surface area contributed by atoms with Crippen LogP contribution in [0, 0.1) is 5.92 Å². The maximum Gasteiger partial charge on any atom is 0.335 e. The van der Waals surface area contributed by atoms with E-state index in [-0.39, 0.29) is 11.6 Å². The maximum absolute atomic E-state index is 11.8. The van der Waals surface area contributed by atoms with Crippen LogP contribution in [0.4, 0.5) is 4.79 Å². The number of carbonyl (C=O) groups excluding carboxylic acids is 1. The van der Waals surface area contributed by atoms with Gasteiger partial charge in [0.2, 0.25) is 0 Å². The quantitative estimate of drug-likeness (QED) is 0.632. The molecule has 0 atom stereocenters. The Morgan fingerprint density at radius 2 is 1.80 bits per heavy atom. The van der Waals surface area contributed by atoms with Crippen LogP contribution in [0.5, 0.6) is 0 Å². The van der Waals surface area contributed by atoms with Gasteiger partial charge in [0.1, 0.15) is 0 Å². The average Bonchev–Trinajstić information content (AvgIpc) is 2.61. The molecule has 0 spiro atoms. The van der Waals surface area contributed by atoms with Crippen molar-refractivity contribution in [3.05, 3.63) is 35.4 Å². The van der Waals surface area contributed by atoms with Gasteiger partial charge in [0.05, 0.1) is 5.56 Å². The fourth-order valence-electron chi connectivity index (χ4n) is 2.96. The number of amides is 2. The molecule has 1 aromatic rings. The summed E-state index contributed by atoms with van der Waals surface area (Å²) in [6.07, 6.45) is 4.68. The second-order valence-electron chi connectivity index (χ2n) is 6.84. The number of urea groups is 1. The summed E-state index contributed by atoms with van der Waals surface area (Å²) in [5.41, 5.74) is 1.12. The molecule has 1 aliphatic rings. The largest absolute Gasteiger partial charge is 0.478 e. The molecule has 6 nitrogen and oxygen atoms in total. The maximum atomic E-state index is 11.8. The number of unbranched alkanes of at least 4 members (excludes halogenated alkanes) is 1. The van der Waals surface area contributed by atoms with Gasteiger partial charge in [0.25, 0.3) is 0 Å². The lowest BCUT2D eigenvalue weighted by atomic mass is 9.99. The number of hydrogen-bond acceptors (Lipinski definition) is 3. The van der Waals surface area contributed by atoms with Crippen molar-refractivity contribution in [2.75, 3.05) is 26.2 Å². The number of rotatable bonds is 8. The van der Waals surface area contributed by atoms with E-state index in [4.69, 9.17) is 5.11 Å². The third-order valence-corrected chi connectivity index (χ3v) is 4.72. The fraction of sp³-hybridized carbons (Fsp3) is 0.579. The first kappa shape index (κ1) is 19.2. The molecule has 1 fully saturated rings. The first-order chi connectivity index (χ1) is 12.0. The third-order valence-electron chi connectivity index (χ3n) is 4.72. The molecule has 0 aliphatic carbocycles. The molecule has 0 unspecified atom stereocenters. The molecule has 2 amide bonds. The minimum Gasteiger partial charge on any atom is -0.478 e. The molecule has 1 heterocycles. The Kier molecular flexibility index (Phi) is 7.73. The number of nitrogens with zero attached hydrogens (tertiary/aromatic N) is 1. The Morgan fingerprint density at radius 1 is 1.12 bits per heavy atom. The van der Waals surface area contributed by atoms with Crippen molar-refractivity contribution in [3.63, 3.8) is 0 Å². The molecule has 1 aromatic carbocycles. The first-order valence-electron chi connectivity index (χ1n) is 9.11. The van der Waals surface area contributed by atoms with Crippen molar-refractivity contribution in [1.29, 1.82) is 0 Å². The van der Waals surface area contributed by atoms with E-state index in [1.807, 2.05) is 0 Å². The van der Waals surface area contributed by atoms with Gasteiger partial charge < -0.3 is 20.6 Å². The topological polar surface area (TPSA) is 81.7 Å². The van der Waals surface area contributed by atoms with E-state index in [2.05, 4.69) is 22.5 Å². The summed E-state index contributed by atoms with van der Waals surface area (Å²) in [4.78, 5) is 25.1. The molecule has 1 saturated heterocycles. The lowest BCUT2D eigenvalue weighted by molar-refractivity contribution is 0.0697. The number of benzene rings is 1. The minimum atomic E-state index is -0.948. The zero-order chi connectivity index (χ0) is 18.1. The Labute approximate surface area is 149 Å². The summed E-state index contributed by atoms with van der Waals surface area (Å²) in [6, 6.07) is 6.32. The number of likely N-dealkylation sites (tertiary alicyclic amines) is 1. The lowest BCUT2D eigenvalue weighted by Gasteiger charge is -2.30. The average molecular weight is 347 g/mol. The Hall–Kier alpha value is -2.08. The van der Waals surface area contributed by atoms with E-state index in [9.17, 15) is 9.59 Å². The minimum absolute atomic E-state index is 0.186. The number of aromatic carboxylic acids is 1. The number of nitrogens with one attached hydrogen (secondary N) is 2. The summed E-state index contributed by atoms with van der Waals surface area (Å²) < 4.78 is 0. The van der Waals surface area contributed by atoms with E-state index in [0.29, 0.717) is 13.1 Å². The van der Waals surface area contributed by atoms with E-state index in [1.165, 1.54) is 25.9 Å². The van der Waals surface area contributed by atoms with Crippen LogP contribution in [0.25, 0.3) is 0 Å². The van der Waals surface area contributed by atoms with E-state index >= 15 is 0 Å². The number of piperidine rings is 1. The van der Waals surface area contributed by atoms with Gasteiger partial charge in [0.15, 0.2) is 0 Å². The number of carbonyl (C=O) groups is 2. The zero-order valence-corrected chi connectivity index (χ0v) is 15.0. The molecule has 3 N–H and O–H groups in total. The molecule has 0 saturated carbocycles. The van der Waals surface area contributed by atoms with Crippen LogP contribution >= 0.6 is 0 Å². The zero-order valence-electron chi connectivity index (χ0n) is 15.0. The summed E-state index contributed by atoms with van der Waals surface area (Å²) in [7, 11) is 0. The van der Waals surface area contributed by atoms with Gasteiger partial charge in [-0.15, -0.1) is 0 Å². The van der Waals surface area contributed by atoms with E-state index < -0.39 is 5.97 Å². The highest BCUT2D eigenvalue weighted by molar-refractivity contribution is 5.87. The van der Waals surface area contributed by atoms with Gasteiger partial charge in [-0.1, -0.05) is 19.1 Å². The molecule has 138 valence electrons. The predicted molar refractivity (Wildman–Crippen MR) is 97.7 cm³/mol. The fourth-order valence-corrected chi connectivity index (χ4v) is 2.96. The molecular weight excluding hydrogens is 318 g/mol. The molecule has 0 radical (unpaired) electrons. The lowest BCUT2D eigenvalue weighted by Crippen LogP contribution is -2.36. The van der Waals surface area contributed by atoms with Crippen molar-refractivity contribution in [2.45, 2.75) is 39.2 Å². The summed E-state index contributed by atoms with van der Waals surface area (Å²) in [5.74, 6) is -0.0849. The molecular formula is C19H29N3O3. The molecule has 6 heteroatoms. The third kappa shape index (κ3) is 7.13. The van der Waals surface area contributed by atoms with E-state index in [1.54, 1.807) is 24.3 Å². The van der Waals surface area contributed by atoms with Gasteiger partial charge >= 0.3 is 12.0 Å². The number of hydrogen-bond donors (Lipinski definition) is 3. The smallest absolute Gasteiger partial charge is 0.335 e. The standard InChI is InChI=1S/C19H29N3O3/c1-15-8-12-22(13-9-15)11-3-2-10-20-19(25)21-14-16-4-6-17(7-5-16)18(23)24/h4-7,15H,2-3,8-14H2,1H3,(H,23,24)(H2,20,21,25). The van der Waals surface area contributed by atoms with Crippen LogP contribution in [0.1, 0.15) is 48.5 Å². The number of carboxylic acid groups (broad SMARTS) is 1. The van der Waals surface area contributed by atoms with Gasteiger partial charge in [-0.05, 0) is 68.9 Å². The van der Waals surface area contributed by atoms with Gasteiger partial charge in [0, 0.05) is 13.1 Å². The van der Waals surface area contributed by atoms with E-state index in [0.717, 1.165) is 30.9 Å². The molecule has 0 aromatic heterocycles. The first-order valence-corrected chi connectivity index (χ1v) is 9.11. The van der Waals surface area contributed by atoms with Crippen LogP contribution in [-0.4, -0.2) is 48.2 Å². The second-order valence-corrected chi connectivity index (χ2v) is 6.84. The normalized spacial score (nSPS) is 15.7. The van der Waals surface area contributed by atoms with Crippen LogP contribution in [0.15, 0.2) is 24.3 Å². The van der Waals surface area contributed by atoms with Crippen molar-refractivity contribution in [3.8, 4) is 0 Å². The SMILES string of the molecule is CC1CCN(CCCCNC(=O)NCc2ccc(C(=O)O)cc2)CC1. The Morgan fingerprint density at radius 3 is 2.44 bits per heavy atom. The van der Waals surface area contributed by atoms with Crippen molar-refractivity contribution >= 4 is 12.0 Å². The monoisotopic (exact) mass is 347 g/mol. The Bertz CT molecular complexity index is 552. The summed E-state index contributed by atoms with van der Waals surface area (Å²) >= 11 is 0. The molecule has 1 aliphatic heterocycles. The van der Waals surface area contributed by atoms with Crippen LogP contribution in [0.2, 0.25) is 0 Å². The highest BCUT2D eigenvalue weighted by atomic mass is 16.4. The van der Waals surface area contributed by atoms with Gasteiger partial charge in [-0.25, -0.2) is 9.59 Å². The highest BCUT2D eigenvalue weighted by Gasteiger charge is 2.14. The molecule has 2 rings (SSSR count). The van der Waals surface area contributed by atoms with Crippen molar-refractivity contribution < 1.29 is 14.7 Å². The molecule has 0 bridgehead atoms. The van der Waals surface area contributed by atoms with Crippen molar-refractivity contribution in [2.24, 2.45) is 5.92 Å². The van der Waals surface area contributed by atoms with Crippen LogP contribution in [0.3, 0.4) is 0 Å². The van der Waals surface area contributed by atoms with Crippen molar-refractivity contribution in [1.82, 2.24) is 15.5 Å². The molecule has 25 heavy (non-hydrogen) atoms. The van der Waals surface area contributed by atoms with Crippen LogP contribution in [-0.2, 0) is 6.54 Å². The summed E-state index contributed by atoms with van der Waals surface area (Å²) in [5, 5.41) is 14.5. The number of carboxylic acids is 1. The predicted octanol–water partition coefficient (Wildman–Crippen LogP) is 2.70. The summed E-state index contributed by atoms with van der Waals surface area (Å²) in [6.45, 7) is 6.91. The Balaban J connectivity index is 1.53. The van der Waals surface area contributed by atoms with Crippen LogP contribution < -0.4 is 10.6 Å².